The highest BCUT2D eigenvalue weighted by Crippen LogP contribution is 2.52. The van der Waals surface area contributed by atoms with Gasteiger partial charge in [-0.2, -0.15) is 0 Å². The Bertz CT molecular complexity index is 672. The molecule has 1 N–H and O–H groups in total. The highest BCUT2D eigenvalue weighted by molar-refractivity contribution is 7.99. The number of rotatable bonds is 0. The van der Waals surface area contributed by atoms with E-state index in [0.29, 0.717) is 6.54 Å². The zero-order chi connectivity index (χ0) is 13.7. The van der Waals surface area contributed by atoms with E-state index in [0.717, 1.165) is 12.1 Å². The molecule has 1 saturated heterocycles. The number of benzene rings is 2. The van der Waals surface area contributed by atoms with Crippen molar-refractivity contribution < 1.29 is 5.11 Å². The number of hydrogen-bond acceptors (Lipinski definition) is 3. The molecule has 20 heavy (non-hydrogen) atoms. The van der Waals surface area contributed by atoms with Gasteiger partial charge in [-0.15, -0.1) is 0 Å². The molecule has 0 radical (unpaired) electrons. The van der Waals surface area contributed by atoms with Crippen molar-refractivity contribution in [1.82, 2.24) is 4.90 Å². The Balaban J connectivity index is 2.00. The normalized spacial score (nSPS) is 28.4. The molecule has 0 amide bonds. The third-order valence-corrected chi connectivity index (χ3v) is 5.62. The standard InChI is InChI=1S/C17H17NOS/c1-18-10-14-12-6-2-4-8-15(12)20-16-9-5-3-7-13(16)17(14,19)11-18/h2-9,14,19H,10-11H2,1H3/t14-,17-/m1/s1. The first-order valence-corrected chi connectivity index (χ1v) is 7.77. The minimum Gasteiger partial charge on any atom is -0.383 e. The number of likely N-dealkylation sites (N-methyl/N-ethyl adjacent to an activating group) is 1. The van der Waals surface area contributed by atoms with Crippen LogP contribution < -0.4 is 0 Å². The van der Waals surface area contributed by atoms with Crippen molar-refractivity contribution in [2.75, 3.05) is 20.1 Å². The van der Waals surface area contributed by atoms with Crippen LogP contribution in [0.4, 0.5) is 0 Å². The number of likely N-dealkylation sites (tertiary alicyclic amines) is 1. The van der Waals surface area contributed by atoms with E-state index in [1.54, 1.807) is 11.8 Å². The minimum atomic E-state index is -0.773. The number of fused-ring (bicyclic) bond motifs is 5. The van der Waals surface area contributed by atoms with Crippen molar-refractivity contribution in [3.05, 3.63) is 59.7 Å². The van der Waals surface area contributed by atoms with E-state index < -0.39 is 5.60 Å². The maximum absolute atomic E-state index is 11.4. The van der Waals surface area contributed by atoms with E-state index in [2.05, 4.69) is 54.4 Å². The molecule has 2 aromatic carbocycles. The van der Waals surface area contributed by atoms with Crippen LogP contribution in [0.15, 0.2) is 58.3 Å². The fourth-order valence-corrected chi connectivity index (χ4v) is 4.78. The molecule has 0 unspecified atom stereocenters. The van der Waals surface area contributed by atoms with Gasteiger partial charge >= 0.3 is 0 Å². The second-order valence-corrected chi connectivity index (χ2v) is 6.89. The lowest BCUT2D eigenvalue weighted by molar-refractivity contribution is 0.0306. The predicted octanol–water partition coefficient (Wildman–Crippen LogP) is 3.07. The Kier molecular flexibility index (Phi) is 2.71. The number of hydrogen-bond donors (Lipinski definition) is 1. The van der Waals surface area contributed by atoms with E-state index in [1.807, 2.05) is 6.07 Å². The smallest absolute Gasteiger partial charge is 0.111 e. The molecule has 2 aliphatic rings. The summed E-state index contributed by atoms with van der Waals surface area (Å²) in [5.41, 5.74) is 1.58. The summed E-state index contributed by atoms with van der Waals surface area (Å²) in [4.78, 5) is 4.69. The average Bonchev–Trinajstić information content (AvgIpc) is 2.71. The van der Waals surface area contributed by atoms with Gasteiger partial charge in [-0.3, -0.25) is 0 Å². The quantitative estimate of drug-likeness (QED) is 0.804. The van der Waals surface area contributed by atoms with Gasteiger partial charge < -0.3 is 10.0 Å². The summed E-state index contributed by atoms with van der Waals surface area (Å²) >= 11 is 1.78. The summed E-state index contributed by atoms with van der Waals surface area (Å²) in [6.45, 7) is 1.60. The van der Waals surface area contributed by atoms with Crippen molar-refractivity contribution in [2.24, 2.45) is 0 Å². The van der Waals surface area contributed by atoms with Crippen LogP contribution in [0, 0.1) is 0 Å². The molecule has 102 valence electrons. The van der Waals surface area contributed by atoms with Gasteiger partial charge in [0.2, 0.25) is 0 Å². The second kappa shape index (κ2) is 4.35. The molecule has 2 aliphatic heterocycles. The highest BCUT2D eigenvalue weighted by Gasteiger charge is 2.49. The summed E-state index contributed by atoms with van der Waals surface area (Å²) in [5.74, 6) is 0.153. The lowest BCUT2D eigenvalue weighted by atomic mass is 9.80. The second-order valence-electron chi connectivity index (χ2n) is 5.81. The van der Waals surface area contributed by atoms with Gasteiger partial charge in [0.15, 0.2) is 0 Å². The molecular weight excluding hydrogens is 266 g/mol. The van der Waals surface area contributed by atoms with E-state index in [4.69, 9.17) is 0 Å². The highest BCUT2D eigenvalue weighted by atomic mass is 32.2. The van der Waals surface area contributed by atoms with E-state index in [1.165, 1.54) is 15.4 Å². The third kappa shape index (κ3) is 1.67. The van der Waals surface area contributed by atoms with Crippen molar-refractivity contribution in [3.63, 3.8) is 0 Å². The number of nitrogens with zero attached hydrogens (tertiary/aromatic N) is 1. The largest absolute Gasteiger partial charge is 0.383 e. The Morgan fingerprint density at radius 1 is 1.10 bits per heavy atom. The molecule has 2 heterocycles. The van der Waals surface area contributed by atoms with Crippen molar-refractivity contribution in [3.8, 4) is 0 Å². The monoisotopic (exact) mass is 283 g/mol. The molecule has 1 fully saturated rings. The number of aliphatic hydroxyl groups is 1. The molecule has 3 heteroatoms. The topological polar surface area (TPSA) is 23.5 Å². The van der Waals surface area contributed by atoms with Crippen LogP contribution in [0.25, 0.3) is 0 Å². The maximum Gasteiger partial charge on any atom is 0.111 e. The van der Waals surface area contributed by atoms with Crippen LogP contribution in [0.3, 0.4) is 0 Å². The van der Waals surface area contributed by atoms with Crippen LogP contribution in [0.5, 0.6) is 0 Å². The predicted molar refractivity (Wildman–Crippen MR) is 81.1 cm³/mol. The zero-order valence-corrected chi connectivity index (χ0v) is 12.2. The van der Waals surface area contributed by atoms with Crippen LogP contribution in [-0.2, 0) is 5.60 Å². The Morgan fingerprint density at radius 3 is 2.65 bits per heavy atom. The van der Waals surface area contributed by atoms with Crippen LogP contribution >= 0.6 is 11.8 Å². The average molecular weight is 283 g/mol. The van der Waals surface area contributed by atoms with Crippen molar-refractivity contribution >= 4 is 11.8 Å². The molecule has 4 rings (SSSR count). The van der Waals surface area contributed by atoms with Gasteiger partial charge in [0.05, 0.1) is 0 Å². The SMILES string of the molecule is CN1C[C@@H]2c3ccccc3Sc3ccccc3[C@]2(O)C1. The molecule has 0 saturated carbocycles. The van der Waals surface area contributed by atoms with Gasteiger partial charge in [-0.05, 0) is 30.3 Å². The maximum atomic E-state index is 11.4. The van der Waals surface area contributed by atoms with E-state index in [9.17, 15) is 5.11 Å². The fraction of sp³-hybridized carbons (Fsp3) is 0.294. The van der Waals surface area contributed by atoms with Crippen LogP contribution in [-0.4, -0.2) is 30.1 Å². The Labute approximate surface area is 123 Å². The molecule has 2 nitrogen and oxygen atoms in total. The van der Waals surface area contributed by atoms with Crippen LogP contribution in [0.1, 0.15) is 17.0 Å². The zero-order valence-electron chi connectivity index (χ0n) is 11.4. The van der Waals surface area contributed by atoms with Crippen molar-refractivity contribution in [1.29, 1.82) is 0 Å². The van der Waals surface area contributed by atoms with Crippen LogP contribution in [0.2, 0.25) is 0 Å². The Hall–Kier alpha value is -1.29. The van der Waals surface area contributed by atoms with Gasteiger partial charge in [0.1, 0.15) is 5.60 Å². The molecular formula is C17H17NOS. The van der Waals surface area contributed by atoms with Gasteiger partial charge in [0.25, 0.3) is 0 Å². The third-order valence-electron chi connectivity index (χ3n) is 4.45. The number of β-amino-alcohol motifs (C(OH)–C–C–N with tert-alkyl or cyclic N) is 1. The minimum absolute atomic E-state index is 0.153. The first-order valence-electron chi connectivity index (χ1n) is 6.96. The summed E-state index contributed by atoms with van der Waals surface area (Å²) in [6.07, 6.45) is 0. The van der Waals surface area contributed by atoms with E-state index in [-0.39, 0.29) is 5.92 Å². The molecule has 2 atom stereocenters. The van der Waals surface area contributed by atoms with Gasteiger partial charge in [-0.1, -0.05) is 48.2 Å². The summed E-state index contributed by atoms with van der Waals surface area (Å²) in [6, 6.07) is 16.8. The Morgan fingerprint density at radius 2 is 1.80 bits per heavy atom. The van der Waals surface area contributed by atoms with Gasteiger partial charge in [-0.25, -0.2) is 0 Å². The molecule has 0 aliphatic carbocycles. The molecule has 0 aromatic heterocycles. The van der Waals surface area contributed by atoms with Crippen molar-refractivity contribution in [2.45, 2.75) is 21.3 Å². The first kappa shape index (κ1) is 12.5. The summed E-state index contributed by atoms with van der Waals surface area (Å²) in [7, 11) is 2.09. The molecule has 2 aromatic rings. The van der Waals surface area contributed by atoms with E-state index >= 15 is 0 Å². The lowest BCUT2D eigenvalue weighted by Gasteiger charge is -2.29. The van der Waals surface area contributed by atoms with Gasteiger partial charge in [0, 0.05) is 28.8 Å². The lowest BCUT2D eigenvalue weighted by Crippen LogP contribution is -2.33. The fourth-order valence-electron chi connectivity index (χ4n) is 3.57. The summed E-state index contributed by atoms with van der Waals surface area (Å²) in [5, 5.41) is 11.4. The molecule has 0 bridgehead atoms. The first-order chi connectivity index (χ1) is 9.68. The molecule has 0 spiro atoms. The summed E-state index contributed by atoms with van der Waals surface area (Å²) < 4.78 is 0.